The highest BCUT2D eigenvalue weighted by Crippen LogP contribution is 2.27. The third-order valence-electron chi connectivity index (χ3n) is 4.76. The van der Waals surface area contributed by atoms with Crippen LogP contribution < -0.4 is 5.32 Å². The molecule has 20 heavy (non-hydrogen) atoms. The summed E-state index contributed by atoms with van der Waals surface area (Å²) in [5.74, 6) is 0. The Labute approximate surface area is 123 Å². The molecule has 1 heterocycles. The smallest absolute Gasteiger partial charge is 0.282 e. The summed E-state index contributed by atoms with van der Waals surface area (Å²) in [6, 6.07) is 0.315. The van der Waals surface area contributed by atoms with Gasteiger partial charge < -0.3 is 5.32 Å². The molecule has 0 aromatic rings. The Hall–Kier alpha value is -0.170. The first-order chi connectivity index (χ1) is 9.57. The van der Waals surface area contributed by atoms with Crippen molar-refractivity contribution in [1.82, 2.24) is 13.9 Å². The second-order valence-corrected chi connectivity index (χ2v) is 8.07. The summed E-state index contributed by atoms with van der Waals surface area (Å²) < 4.78 is 29.2. The maximum atomic E-state index is 12.9. The van der Waals surface area contributed by atoms with E-state index >= 15 is 0 Å². The fourth-order valence-electron chi connectivity index (χ4n) is 3.52. The molecule has 0 spiro atoms. The second kappa shape index (κ2) is 7.20. The standard InChI is InChI=1S/C14H29N3O2S/c1-15-12-14-10-6-7-11-17(14)20(18,19)16(2)13-8-4-3-5-9-13/h13-15H,3-12H2,1-2H3. The summed E-state index contributed by atoms with van der Waals surface area (Å²) in [4.78, 5) is 0. The molecule has 0 bridgehead atoms. The van der Waals surface area contributed by atoms with E-state index in [2.05, 4.69) is 5.32 Å². The molecule has 2 fully saturated rings. The molecule has 1 N–H and O–H groups in total. The van der Waals surface area contributed by atoms with Crippen molar-refractivity contribution in [3.63, 3.8) is 0 Å². The Bertz CT molecular complexity index is 391. The van der Waals surface area contributed by atoms with Gasteiger partial charge in [0.15, 0.2) is 0 Å². The first-order valence-electron chi connectivity index (χ1n) is 7.96. The monoisotopic (exact) mass is 303 g/mol. The fraction of sp³-hybridized carbons (Fsp3) is 1.00. The predicted octanol–water partition coefficient (Wildman–Crippen LogP) is 1.57. The number of nitrogens with one attached hydrogen (secondary N) is 1. The molecule has 1 unspecified atom stereocenters. The maximum Gasteiger partial charge on any atom is 0.282 e. The number of hydrogen-bond acceptors (Lipinski definition) is 3. The van der Waals surface area contributed by atoms with Gasteiger partial charge in [-0.1, -0.05) is 25.7 Å². The molecule has 118 valence electrons. The topological polar surface area (TPSA) is 52.7 Å². The lowest BCUT2D eigenvalue weighted by Crippen LogP contribution is -2.54. The summed E-state index contributed by atoms with van der Waals surface area (Å²) in [7, 11) is 0.361. The number of piperidine rings is 1. The summed E-state index contributed by atoms with van der Waals surface area (Å²) in [5, 5.41) is 3.13. The van der Waals surface area contributed by atoms with Crippen LogP contribution in [0.1, 0.15) is 51.4 Å². The Morgan fingerprint density at radius 2 is 1.75 bits per heavy atom. The Morgan fingerprint density at radius 3 is 2.40 bits per heavy atom. The molecule has 1 aliphatic heterocycles. The molecule has 0 amide bonds. The number of likely N-dealkylation sites (N-methyl/N-ethyl adjacent to an activating group) is 1. The van der Waals surface area contributed by atoms with Crippen molar-refractivity contribution in [2.24, 2.45) is 0 Å². The van der Waals surface area contributed by atoms with Crippen molar-refractivity contribution in [3.05, 3.63) is 0 Å². The van der Waals surface area contributed by atoms with Crippen molar-refractivity contribution in [2.75, 3.05) is 27.2 Å². The van der Waals surface area contributed by atoms with Crippen LogP contribution in [-0.2, 0) is 10.2 Å². The molecule has 0 aromatic carbocycles. The van der Waals surface area contributed by atoms with Crippen molar-refractivity contribution < 1.29 is 8.42 Å². The molecule has 1 saturated carbocycles. The lowest BCUT2D eigenvalue weighted by molar-refractivity contribution is 0.211. The molecule has 1 aliphatic carbocycles. The largest absolute Gasteiger partial charge is 0.318 e. The first kappa shape index (κ1) is 16.2. The molecule has 1 atom stereocenters. The van der Waals surface area contributed by atoms with E-state index in [-0.39, 0.29) is 12.1 Å². The quantitative estimate of drug-likeness (QED) is 0.839. The molecule has 1 saturated heterocycles. The third-order valence-corrected chi connectivity index (χ3v) is 6.86. The van der Waals surface area contributed by atoms with Crippen LogP contribution in [0.25, 0.3) is 0 Å². The number of nitrogens with zero attached hydrogens (tertiary/aromatic N) is 2. The van der Waals surface area contributed by atoms with E-state index in [1.165, 1.54) is 6.42 Å². The van der Waals surface area contributed by atoms with Crippen molar-refractivity contribution in [3.8, 4) is 0 Å². The van der Waals surface area contributed by atoms with Crippen molar-refractivity contribution in [1.29, 1.82) is 0 Å². The van der Waals surface area contributed by atoms with E-state index in [1.807, 2.05) is 7.05 Å². The number of hydrogen-bond donors (Lipinski definition) is 1. The van der Waals surface area contributed by atoms with Crippen molar-refractivity contribution in [2.45, 2.75) is 63.5 Å². The van der Waals surface area contributed by atoms with Gasteiger partial charge in [0.05, 0.1) is 0 Å². The van der Waals surface area contributed by atoms with Gasteiger partial charge in [-0.15, -0.1) is 0 Å². The molecular weight excluding hydrogens is 274 g/mol. The minimum Gasteiger partial charge on any atom is -0.318 e. The lowest BCUT2D eigenvalue weighted by Gasteiger charge is -2.40. The third kappa shape index (κ3) is 3.53. The van der Waals surface area contributed by atoms with Gasteiger partial charge in [0.2, 0.25) is 0 Å². The van der Waals surface area contributed by atoms with Crippen LogP contribution in [-0.4, -0.2) is 56.3 Å². The average Bonchev–Trinajstić information content (AvgIpc) is 2.48. The van der Waals surface area contributed by atoms with Gasteiger partial charge >= 0.3 is 0 Å². The fourth-order valence-corrected chi connectivity index (χ4v) is 5.35. The zero-order valence-corrected chi connectivity index (χ0v) is 13.7. The Balaban J connectivity index is 2.09. The zero-order chi connectivity index (χ0) is 14.6. The summed E-state index contributed by atoms with van der Waals surface area (Å²) in [6.07, 6.45) is 8.67. The van der Waals surface area contributed by atoms with Crippen molar-refractivity contribution >= 4 is 10.2 Å². The molecule has 2 aliphatic rings. The van der Waals surface area contributed by atoms with Crippen LogP contribution in [0.3, 0.4) is 0 Å². The average molecular weight is 303 g/mol. The van der Waals surface area contributed by atoms with Crippen LogP contribution >= 0.6 is 0 Å². The molecule has 5 nitrogen and oxygen atoms in total. The first-order valence-corrected chi connectivity index (χ1v) is 9.36. The summed E-state index contributed by atoms with van der Waals surface area (Å²) in [5.41, 5.74) is 0. The summed E-state index contributed by atoms with van der Waals surface area (Å²) >= 11 is 0. The Morgan fingerprint density at radius 1 is 1.10 bits per heavy atom. The highest BCUT2D eigenvalue weighted by Gasteiger charge is 2.37. The maximum absolute atomic E-state index is 12.9. The van der Waals surface area contributed by atoms with Crippen LogP contribution in [0.15, 0.2) is 0 Å². The SMILES string of the molecule is CNCC1CCCCN1S(=O)(=O)N(C)C1CCCCC1. The van der Waals surface area contributed by atoms with Crippen LogP contribution in [0.5, 0.6) is 0 Å². The molecular formula is C14H29N3O2S. The van der Waals surface area contributed by atoms with Gasteiger partial charge in [-0.25, -0.2) is 0 Å². The minimum absolute atomic E-state index is 0.116. The predicted molar refractivity (Wildman–Crippen MR) is 81.8 cm³/mol. The van der Waals surface area contributed by atoms with Gasteiger partial charge in [0.1, 0.15) is 0 Å². The van der Waals surface area contributed by atoms with Crippen LogP contribution in [0.4, 0.5) is 0 Å². The molecule has 0 radical (unpaired) electrons. The summed E-state index contributed by atoms with van der Waals surface area (Å²) in [6.45, 7) is 1.42. The Kier molecular flexibility index (Phi) is 5.84. The zero-order valence-electron chi connectivity index (χ0n) is 12.8. The van der Waals surface area contributed by atoms with Gasteiger partial charge in [-0.05, 0) is 32.7 Å². The van der Waals surface area contributed by atoms with Gasteiger partial charge in [0, 0.05) is 32.2 Å². The molecule has 6 heteroatoms. The second-order valence-electron chi connectivity index (χ2n) is 6.13. The van der Waals surface area contributed by atoms with Crippen LogP contribution in [0.2, 0.25) is 0 Å². The van der Waals surface area contributed by atoms with Gasteiger partial charge in [-0.3, -0.25) is 0 Å². The van der Waals surface area contributed by atoms with Gasteiger partial charge in [-0.2, -0.15) is 17.0 Å². The highest BCUT2D eigenvalue weighted by molar-refractivity contribution is 7.86. The van der Waals surface area contributed by atoms with E-state index < -0.39 is 10.2 Å². The van der Waals surface area contributed by atoms with E-state index in [1.54, 1.807) is 15.7 Å². The van der Waals surface area contributed by atoms with E-state index in [0.29, 0.717) is 6.54 Å². The lowest BCUT2D eigenvalue weighted by atomic mass is 9.96. The number of rotatable bonds is 5. The normalized spacial score (nSPS) is 27.1. The highest BCUT2D eigenvalue weighted by atomic mass is 32.2. The van der Waals surface area contributed by atoms with E-state index in [4.69, 9.17) is 0 Å². The van der Waals surface area contributed by atoms with E-state index in [0.717, 1.165) is 51.5 Å². The van der Waals surface area contributed by atoms with Crippen LogP contribution in [0, 0.1) is 0 Å². The molecule has 2 rings (SSSR count). The van der Waals surface area contributed by atoms with E-state index in [9.17, 15) is 8.42 Å². The molecule has 0 aromatic heterocycles. The van der Waals surface area contributed by atoms with Gasteiger partial charge in [0.25, 0.3) is 10.2 Å². The minimum atomic E-state index is -3.31.